The van der Waals surface area contributed by atoms with Gasteiger partial charge >= 0.3 is 0 Å². The third kappa shape index (κ3) is 3.19. The summed E-state index contributed by atoms with van der Waals surface area (Å²) in [5.74, 6) is 0. The van der Waals surface area contributed by atoms with Crippen molar-refractivity contribution in [1.29, 1.82) is 0 Å². The molecule has 16 heavy (non-hydrogen) atoms. The molecule has 0 aromatic heterocycles. The van der Waals surface area contributed by atoms with Crippen LogP contribution in [-0.4, -0.2) is 26.7 Å². The Bertz CT molecular complexity index is 457. The fourth-order valence-corrected chi connectivity index (χ4v) is 2.62. The standard InChI is InChI=1S/C10H16N2O3S/c1-8-3-4-9(11)7-10(8)16(14,15)12-5-2-6-13/h3-4,7,12-13H,2,5-6,11H2,1H3. The largest absolute Gasteiger partial charge is 0.399 e. The Kier molecular flexibility index (Phi) is 4.28. The molecule has 0 heterocycles. The second-order valence-electron chi connectivity index (χ2n) is 3.50. The lowest BCUT2D eigenvalue weighted by Gasteiger charge is -2.09. The van der Waals surface area contributed by atoms with Crippen LogP contribution >= 0.6 is 0 Å². The second-order valence-corrected chi connectivity index (χ2v) is 5.24. The summed E-state index contributed by atoms with van der Waals surface area (Å²) in [5.41, 5.74) is 6.60. The van der Waals surface area contributed by atoms with Crippen LogP contribution in [0, 0.1) is 6.92 Å². The number of aliphatic hydroxyl groups is 1. The third-order valence-electron chi connectivity index (χ3n) is 2.13. The van der Waals surface area contributed by atoms with Gasteiger partial charge < -0.3 is 10.8 Å². The first-order valence-corrected chi connectivity index (χ1v) is 6.42. The zero-order valence-electron chi connectivity index (χ0n) is 9.10. The van der Waals surface area contributed by atoms with E-state index in [2.05, 4.69) is 4.72 Å². The van der Waals surface area contributed by atoms with Crippen molar-refractivity contribution in [2.75, 3.05) is 18.9 Å². The van der Waals surface area contributed by atoms with Gasteiger partial charge in [-0.3, -0.25) is 0 Å². The van der Waals surface area contributed by atoms with E-state index >= 15 is 0 Å². The average Bonchev–Trinajstić information content (AvgIpc) is 2.22. The van der Waals surface area contributed by atoms with E-state index in [0.717, 1.165) is 0 Å². The van der Waals surface area contributed by atoms with E-state index in [1.54, 1.807) is 19.1 Å². The molecule has 0 fully saturated rings. The maximum absolute atomic E-state index is 11.8. The summed E-state index contributed by atoms with van der Waals surface area (Å²) in [4.78, 5) is 0.186. The zero-order chi connectivity index (χ0) is 12.2. The Morgan fingerprint density at radius 2 is 2.12 bits per heavy atom. The maximum Gasteiger partial charge on any atom is 0.240 e. The number of hydrogen-bond acceptors (Lipinski definition) is 4. The van der Waals surface area contributed by atoms with Crippen LogP contribution in [0.25, 0.3) is 0 Å². The molecule has 4 N–H and O–H groups in total. The molecular formula is C10H16N2O3S. The number of rotatable bonds is 5. The van der Waals surface area contributed by atoms with Crippen molar-refractivity contribution in [3.63, 3.8) is 0 Å². The molecule has 0 aliphatic heterocycles. The van der Waals surface area contributed by atoms with Crippen molar-refractivity contribution in [1.82, 2.24) is 4.72 Å². The summed E-state index contributed by atoms with van der Waals surface area (Å²) in [7, 11) is -3.53. The van der Waals surface area contributed by atoms with Gasteiger partial charge in [-0.2, -0.15) is 0 Å². The number of anilines is 1. The molecule has 0 spiro atoms. The van der Waals surface area contributed by atoms with Gasteiger partial charge in [-0.15, -0.1) is 0 Å². The number of nitrogens with two attached hydrogens (primary N) is 1. The van der Waals surface area contributed by atoms with Crippen molar-refractivity contribution in [3.8, 4) is 0 Å². The predicted octanol–water partition coefficient (Wildman–Crippen LogP) is 0.238. The van der Waals surface area contributed by atoms with Gasteiger partial charge in [0.05, 0.1) is 4.90 Å². The summed E-state index contributed by atoms with van der Waals surface area (Å²) >= 11 is 0. The molecule has 0 bridgehead atoms. The van der Waals surface area contributed by atoms with Gasteiger partial charge in [0.2, 0.25) is 10.0 Å². The summed E-state index contributed by atoms with van der Waals surface area (Å²) < 4.78 is 26.1. The minimum atomic E-state index is -3.53. The normalized spacial score (nSPS) is 11.6. The molecule has 0 atom stereocenters. The molecule has 90 valence electrons. The minimum absolute atomic E-state index is 0.0432. The van der Waals surface area contributed by atoms with E-state index in [9.17, 15) is 8.42 Å². The van der Waals surface area contributed by atoms with E-state index < -0.39 is 10.0 Å². The van der Waals surface area contributed by atoms with Crippen LogP contribution in [0.3, 0.4) is 0 Å². The van der Waals surface area contributed by atoms with Crippen molar-refractivity contribution in [2.45, 2.75) is 18.2 Å². The molecular weight excluding hydrogens is 228 g/mol. The highest BCUT2D eigenvalue weighted by Crippen LogP contribution is 2.17. The monoisotopic (exact) mass is 244 g/mol. The van der Waals surface area contributed by atoms with E-state index in [0.29, 0.717) is 17.7 Å². The lowest BCUT2D eigenvalue weighted by Crippen LogP contribution is -2.26. The van der Waals surface area contributed by atoms with E-state index in [4.69, 9.17) is 10.8 Å². The number of hydrogen-bond donors (Lipinski definition) is 3. The number of aryl methyl sites for hydroxylation is 1. The van der Waals surface area contributed by atoms with Crippen molar-refractivity contribution in [2.24, 2.45) is 0 Å². The molecule has 0 radical (unpaired) electrons. The SMILES string of the molecule is Cc1ccc(N)cc1S(=O)(=O)NCCCO. The van der Waals surface area contributed by atoms with Crippen LogP contribution in [-0.2, 0) is 10.0 Å². The molecule has 0 aliphatic carbocycles. The fraction of sp³-hybridized carbons (Fsp3) is 0.400. The van der Waals surface area contributed by atoms with Crippen LogP contribution in [0.15, 0.2) is 23.1 Å². The Morgan fingerprint density at radius 1 is 1.44 bits per heavy atom. The predicted molar refractivity (Wildman–Crippen MR) is 62.5 cm³/mol. The Labute approximate surface area is 95.3 Å². The maximum atomic E-state index is 11.8. The van der Waals surface area contributed by atoms with Gasteiger partial charge in [0.15, 0.2) is 0 Å². The first-order chi connectivity index (χ1) is 7.47. The molecule has 0 saturated heterocycles. The average molecular weight is 244 g/mol. The molecule has 1 rings (SSSR count). The van der Waals surface area contributed by atoms with Crippen molar-refractivity contribution >= 4 is 15.7 Å². The topological polar surface area (TPSA) is 92.4 Å². The smallest absolute Gasteiger partial charge is 0.240 e. The highest BCUT2D eigenvalue weighted by Gasteiger charge is 2.15. The quantitative estimate of drug-likeness (QED) is 0.511. The summed E-state index contributed by atoms with van der Waals surface area (Å²) in [6.07, 6.45) is 0.389. The number of benzene rings is 1. The van der Waals surface area contributed by atoms with Gasteiger partial charge in [0.1, 0.15) is 0 Å². The van der Waals surface area contributed by atoms with Gasteiger partial charge in [-0.1, -0.05) is 6.07 Å². The number of nitrogen functional groups attached to an aromatic ring is 1. The minimum Gasteiger partial charge on any atom is -0.399 e. The van der Waals surface area contributed by atoms with Gasteiger partial charge in [-0.05, 0) is 31.0 Å². The molecule has 1 aromatic carbocycles. The number of aliphatic hydroxyl groups excluding tert-OH is 1. The van der Waals surface area contributed by atoms with E-state index in [1.807, 2.05) is 0 Å². The summed E-state index contributed by atoms with van der Waals surface area (Å²) in [6, 6.07) is 4.74. The highest BCUT2D eigenvalue weighted by atomic mass is 32.2. The molecule has 0 amide bonds. The zero-order valence-corrected chi connectivity index (χ0v) is 9.92. The Morgan fingerprint density at radius 3 is 2.75 bits per heavy atom. The Hall–Kier alpha value is -1.11. The highest BCUT2D eigenvalue weighted by molar-refractivity contribution is 7.89. The van der Waals surface area contributed by atoms with Crippen LogP contribution < -0.4 is 10.5 Å². The summed E-state index contributed by atoms with van der Waals surface area (Å²) in [5, 5.41) is 8.58. The second kappa shape index (κ2) is 5.29. The van der Waals surface area contributed by atoms with Crippen LogP contribution in [0.4, 0.5) is 5.69 Å². The summed E-state index contributed by atoms with van der Waals surface area (Å²) in [6.45, 7) is 1.88. The molecule has 6 heteroatoms. The Balaban J connectivity index is 2.93. The van der Waals surface area contributed by atoms with Crippen LogP contribution in [0.1, 0.15) is 12.0 Å². The van der Waals surface area contributed by atoms with Crippen LogP contribution in [0.2, 0.25) is 0 Å². The van der Waals surface area contributed by atoms with E-state index in [-0.39, 0.29) is 18.0 Å². The lowest BCUT2D eigenvalue weighted by atomic mass is 10.2. The molecule has 1 aromatic rings. The third-order valence-corrected chi connectivity index (χ3v) is 3.73. The lowest BCUT2D eigenvalue weighted by molar-refractivity contribution is 0.289. The molecule has 0 unspecified atom stereocenters. The number of nitrogens with one attached hydrogen (secondary N) is 1. The van der Waals surface area contributed by atoms with Gasteiger partial charge in [0, 0.05) is 18.8 Å². The van der Waals surface area contributed by atoms with Crippen LogP contribution in [0.5, 0.6) is 0 Å². The number of sulfonamides is 1. The molecule has 5 nitrogen and oxygen atoms in total. The first kappa shape index (κ1) is 13.0. The van der Waals surface area contributed by atoms with Crippen molar-refractivity contribution in [3.05, 3.63) is 23.8 Å². The van der Waals surface area contributed by atoms with Gasteiger partial charge in [-0.25, -0.2) is 13.1 Å². The van der Waals surface area contributed by atoms with Gasteiger partial charge in [0.25, 0.3) is 0 Å². The van der Waals surface area contributed by atoms with Crippen molar-refractivity contribution < 1.29 is 13.5 Å². The fourth-order valence-electron chi connectivity index (χ4n) is 1.27. The van der Waals surface area contributed by atoms with E-state index in [1.165, 1.54) is 6.07 Å². The molecule has 0 saturated carbocycles. The molecule has 0 aliphatic rings. The first-order valence-electron chi connectivity index (χ1n) is 4.94.